The van der Waals surface area contributed by atoms with E-state index >= 15 is 0 Å². The third-order valence-corrected chi connectivity index (χ3v) is 2.71. The van der Waals surface area contributed by atoms with Gasteiger partial charge < -0.3 is 0 Å². The summed E-state index contributed by atoms with van der Waals surface area (Å²) >= 11 is 0. The monoisotopic (exact) mass is 108 g/mol. The predicted octanol–water partition coefficient (Wildman–Crippen LogP) is 2.36. The summed E-state index contributed by atoms with van der Waals surface area (Å²) in [5, 5.41) is 0. The van der Waals surface area contributed by atoms with Crippen LogP contribution in [-0.4, -0.2) is 0 Å². The van der Waals surface area contributed by atoms with Gasteiger partial charge in [-0.2, -0.15) is 0 Å². The molecule has 2 aliphatic carbocycles. The normalized spacial score (nSPS) is 42.8. The second-order valence-electron chi connectivity index (χ2n) is 3.17. The first-order valence-electron chi connectivity index (χ1n) is 3.50. The van der Waals surface area contributed by atoms with Gasteiger partial charge >= 0.3 is 0 Å². The Morgan fingerprint density at radius 2 is 2.25 bits per heavy atom. The predicted molar refractivity (Wildman–Crippen MR) is 34.6 cm³/mol. The van der Waals surface area contributed by atoms with Crippen LogP contribution in [0.5, 0.6) is 0 Å². The average molecular weight is 108 g/mol. The Hall–Kier alpha value is -0.260. The molecule has 0 bridgehead atoms. The van der Waals surface area contributed by atoms with E-state index < -0.39 is 0 Å². The zero-order valence-electron chi connectivity index (χ0n) is 5.57. The maximum atomic E-state index is 2.35. The fraction of sp³-hybridized carbons (Fsp3) is 0.750. The highest BCUT2D eigenvalue weighted by atomic mass is 14.5. The van der Waals surface area contributed by atoms with Crippen LogP contribution in [0.3, 0.4) is 0 Å². The molecule has 0 amide bonds. The lowest BCUT2D eigenvalue weighted by Gasteiger charge is -1.92. The summed E-state index contributed by atoms with van der Waals surface area (Å²) < 4.78 is 0. The van der Waals surface area contributed by atoms with Gasteiger partial charge in [0.15, 0.2) is 0 Å². The van der Waals surface area contributed by atoms with E-state index in [1.807, 2.05) is 0 Å². The fourth-order valence-electron chi connectivity index (χ4n) is 2.09. The van der Waals surface area contributed by atoms with Crippen LogP contribution in [-0.2, 0) is 0 Å². The number of hydrogen-bond acceptors (Lipinski definition) is 0. The Morgan fingerprint density at radius 1 is 1.50 bits per heavy atom. The van der Waals surface area contributed by atoms with Gasteiger partial charge in [-0.05, 0) is 31.6 Å². The number of allylic oxidation sites excluding steroid dienone is 2. The lowest BCUT2D eigenvalue weighted by Crippen LogP contribution is -1.78. The van der Waals surface area contributed by atoms with Crippen molar-refractivity contribution in [2.45, 2.75) is 26.7 Å². The standard InChI is InChI=1S/C8H12/c1-5-3-4-7-6(2)8(5)7/h6-7H,3-4H2,1-2H3. The molecule has 44 valence electrons. The Bertz CT molecular complexity index is 153. The van der Waals surface area contributed by atoms with Gasteiger partial charge in [0.2, 0.25) is 0 Å². The number of hydrogen-bond donors (Lipinski definition) is 0. The molecular formula is C8H12. The molecule has 0 saturated heterocycles. The first kappa shape index (κ1) is 4.60. The summed E-state index contributed by atoms with van der Waals surface area (Å²) in [5.41, 5.74) is 3.49. The van der Waals surface area contributed by atoms with Gasteiger partial charge in [0, 0.05) is 0 Å². The van der Waals surface area contributed by atoms with Crippen molar-refractivity contribution in [3.05, 3.63) is 11.1 Å². The first-order valence-corrected chi connectivity index (χ1v) is 3.50. The van der Waals surface area contributed by atoms with Crippen LogP contribution in [0.15, 0.2) is 11.1 Å². The highest BCUT2D eigenvalue weighted by molar-refractivity contribution is 5.37. The molecule has 0 heterocycles. The molecule has 2 atom stereocenters. The van der Waals surface area contributed by atoms with Crippen molar-refractivity contribution in [2.75, 3.05) is 0 Å². The number of fused-ring (bicyclic) bond motifs is 1. The van der Waals surface area contributed by atoms with E-state index in [1.54, 1.807) is 11.1 Å². The summed E-state index contributed by atoms with van der Waals surface area (Å²) in [6.07, 6.45) is 2.85. The van der Waals surface area contributed by atoms with E-state index in [-0.39, 0.29) is 0 Å². The minimum Gasteiger partial charge on any atom is -0.0735 e. The molecule has 0 spiro atoms. The van der Waals surface area contributed by atoms with Crippen LogP contribution < -0.4 is 0 Å². The molecule has 1 saturated carbocycles. The smallest absolute Gasteiger partial charge is 0.0132 e. The highest BCUT2D eigenvalue weighted by Gasteiger charge is 2.44. The maximum Gasteiger partial charge on any atom is -0.0132 e. The van der Waals surface area contributed by atoms with Crippen LogP contribution >= 0.6 is 0 Å². The van der Waals surface area contributed by atoms with Crippen LogP contribution in [0.2, 0.25) is 0 Å². The Kier molecular flexibility index (Phi) is 0.677. The molecule has 8 heavy (non-hydrogen) atoms. The van der Waals surface area contributed by atoms with Crippen molar-refractivity contribution in [1.82, 2.24) is 0 Å². The summed E-state index contributed by atoms with van der Waals surface area (Å²) in [6.45, 7) is 4.64. The molecule has 0 nitrogen and oxygen atoms in total. The van der Waals surface area contributed by atoms with E-state index in [1.165, 1.54) is 12.8 Å². The van der Waals surface area contributed by atoms with Crippen molar-refractivity contribution in [2.24, 2.45) is 11.8 Å². The van der Waals surface area contributed by atoms with E-state index in [0.29, 0.717) is 0 Å². The lowest BCUT2D eigenvalue weighted by molar-refractivity contribution is 0.685. The molecule has 1 fully saturated rings. The largest absolute Gasteiger partial charge is 0.0735 e. The molecule has 2 aliphatic rings. The third kappa shape index (κ3) is 0.367. The Morgan fingerprint density at radius 3 is 2.50 bits per heavy atom. The second kappa shape index (κ2) is 1.18. The van der Waals surface area contributed by atoms with Gasteiger partial charge in [-0.3, -0.25) is 0 Å². The fourth-order valence-corrected chi connectivity index (χ4v) is 2.09. The lowest BCUT2D eigenvalue weighted by atomic mass is 10.1. The summed E-state index contributed by atoms with van der Waals surface area (Å²) in [6, 6.07) is 0. The van der Waals surface area contributed by atoms with Crippen LogP contribution in [0.1, 0.15) is 26.7 Å². The van der Waals surface area contributed by atoms with Crippen LogP contribution in [0, 0.1) is 11.8 Å². The van der Waals surface area contributed by atoms with Crippen LogP contribution in [0.25, 0.3) is 0 Å². The second-order valence-corrected chi connectivity index (χ2v) is 3.17. The van der Waals surface area contributed by atoms with Crippen molar-refractivity contribution in [3.8, 4) is 0 Å². The minimum absolute atomic E-state index is 0.976. The molecule has 2 unspecified atom stereocenters. The summed E-state index contributed by atoms with van der Waals surface area (Å²) in [7, 11) is 0. The zero-order chi connectivity index (χ0) is 5.72. The molecular weight excluding hydrogens is 96.1 g/mol. The van der Waals surface area contributed by atoms with Crippen molar-refractivity contribution < 1.29 is 0 Å². The Balaban J connectivity index is 2.32. The van der Waals surface area contributed by atoms with Crippen molar-refractivity contribution in [1.29, 1.82) is 0 Å². The summed E-state index contributed by atoms with van der Waals surface area (Å²) in [4.78, 5) is 0. The van der Waals surface area contributed by atoms with Gasteiger partial charge in [0.1, 0.15) is 0 Å². The van der Waals surface area contributed by atoms with E-state index in [4.69, 9.17) is 0 Å². The molecule has 0 radical (unpaired) electrons. The SMILES string of the molecule is CC1=C2C(C)C2CC1. The van der Waals surface area contributed by atoms with E-state index in [0.717, 1.165) is 11.8 Å². The van der Waals surface area contributed by atoms with Crippen LogP contribution in [0.4, 0.5) is 0 Å². The minimum atomic E-state index is 0.976. The molecule has 0 N–H and O–H groups in total. The Labute approximate surface area is 50.6 Å². The van der Waals surface area contributed by atoms with E-state index in [9.17, 15) is 0 Å². The zero-order valence-corrected chi connectivity index (χ0v) is 5.57. The highest BCUT2D eigenvalue weighted by Crippen LogP contribution is 2.55. The molecule has 0 aliphatic heterocycles. The van der Waals surface area contributed by atoms with Gasteiger partial charge in [-0.25, -0.2) is 0 Å². The quantitative estimate of drug-likeness (QED) is 0.418. The summed E-state index contributed by atoms with van der Waals surface area (Å²) in [5.74, 6) is 2.01. The van der Waals surface area contributed by atoms with Crippen molar-refractivity contribution >= 4 is 0 Å². The molecule has 0 aromatic carbocycles. The van der Waals surface area contributed by atoms with Gasteiger partial charge in [-0.15, -0.1) is 0 Å². The topological polar surface area (TPSA) is 0 Å². The van der Waals surface area contributed by atoms with Gasteiger partial charge in [-0.1, -0.05) is 18.1 Å². The molecule has 0 aromatic heterocycles. The van der Waals surface area contributed by atoms with Gasteiger partial charge in [0.05, 0.1) is 0 Å². The first-order chi connectivity index (χ1) is 3.80. The number of rotatable bonds is 0. The molecule has 2 rings (SSSR count). The van der Waals surface area contributed by atoms with Gasteiger partial charge in [0.25, 0.3) is 0 Å². The molecule has 0 heteroatoms. The van der Waals surface area contributed by atoms with Crippen molar-refractivity contribution in [3.63, 3.8) is 0 Å². The third-order valence-electron chi connectivity index (χ3n) is 2.71. The molecule has 0 aromatic rings. The maximum absolute atomic E-state index is 2.35. The van der Waals surface area contributed by atoms with E-state index in [2.05, 4.69) is 13.8 Å². The average Bonchev–Trinajstić information content (AvgIpc) is 2.13.